The Kier molecular flexibility index (Phi) is 3.01. The van der Waals surface area contributed by atoms with Crippen LogP contribution in [0.4, 0.5) is 0 Å². The van der Waals surface area contributed by atoms with Crippen LogP contribution < -0.4 is 5.73 Å². The number of hydrogen-bond donors (Lipinski definition) is 1. The predicted molar refractivity (Wildman–Crippen MR) is 60.3 cm³/mol. The zero-order valence-corrected chi connectivity index (χ0v) is 9.67. The van der Waals surface area contributed by atoms with E-state index in [1.54, 1.807) is 0 Å². The first-order chi connectivity index (χ1) is 7.22. The fourth-order valence-electron chi connectivity index (χ4n) is 2.54. The second-order valence-electron chi connectivity index (χ2n) is 5.13. The Hall–Kier alpha value is -0.570. The fourth-order valence-corrected chi connectivity index (χ4v) is 2.54. The number of hydrogen-bond acceptors (Lipinski definition) is 2. The van der Waals surface area contributed by atoms with Gasteiger partial charge in [0.2, 0.25) is 5.91 Å². The smallest absolute Gasteiger partial charge is 0.230 e. The second kappa shape index (κ2) is 4.12. The Morgan fingerprint density at radius 2 is 2.00 bits per heavy atom. The van der Waals surface area contributed by atoms with Gasteiger partial charge in [-0.3, -0.25) is 4.79 Å². The molecular formula is C12H22N2O. The Morgan fingerprint density at radius 1 is 1.40 bits per heavy atom. The molecule has 0 atom stereocenters. The maximum absolute atomic E-state index is 12.2. The van der Waals surface area contributed by atoms with Gasteiger partial charge in [-0.25, -0.2) is 0 Å². The quantitative estimate of drug-likeness (QED) is 0.765. The standard InChI is InChI=1S/C12H22N2O/c1-2-10-3-7-14(8-4-10)11(15)12(9-13)5-6-12/h10H,2-9,13H2,1H3. The lowest BCUT2D eigenvalue weighted by Gasteiger charge is -2.33. The van der Waals surface area contributed by atoms with E-state index in [0.29, 0.717) is 12.5 Å². The van der Waals surface area contributed by atoms with Gasteiger partial charge in [-0.15, -0.1) is 0 Å². The van der Waals surface area contributed by atoms with Gasteiger partial charge >= 0.3 is 0 Å². The summed E-state index contributed by atoms with van der Waals surface area (Å²) in [6, 6.07) is 0. The molecule has 15 heavy (non-hydrogen) atoms. The summed E-state index contributed by atoms with van der Waals surface area (Å²) in [6.45, 7) is 4.70. The highest BCUT2D eigenvalue weighted by atomic mass is 16.2. The summed E-state index contributed by atoms with van der Waals surface area (Å²) in [6.07, 6.45) is 5.64. The Morgan fingerprint density at radius 3 is 2.40 bits per heavy atom. The van der Waals surface area contributed by atoms with Crippen LogP contribution >= 0.6 is 0 Å². The van der Waals surface area contributed by atoms with Gasteiger partial charge in [-0.2, -0.15) is 0 Å². The molecule has 0 aromatic heterocycles. The van der Waals surface area contributed by atoms with Crippen molar-refractivity contribution in [3.8, 4) is 0 Å². The first-order valence-corrected chi connectivity index (χ1v) is 6.21. The molecule has 1 heterocycles. The van der Waals surface area contributed by atoms with E-state index >= 15 is 0 Å². The molecule has 1 saturated heterocycles. The van der Waals surface area contributed by atoms with Crippen molar-refractivity contribution in [3.63, 3.8) is 0 Å². The van der Waals surface area contributed by atoms with E-state index in [0.717, 1.165) is 31.8 Å². The molecule has 1 aliphatic carbocycles. The first kappa shape index (κ1) is 10.9. The molecule has 2 fully saturated rings. The average molecular weight is 210 g/mol. The highest BCUT2D eigenvalue weighted by Gasteiger charge is 2.50. The van der Waals surface area contributed by atoms with Gasteiger partial charge in [0, 0.05) is 19.6 Å². The summed E-state index contributed by atoms with van der Waals surface area (Å²) in [5, 5.41) is 0. The van der Waals surface area contributed by atoms with Crippen molar-refractivity contribution in [1.29, 1.82) is 0 Å². The van der Waals surface area contributed by atoms with E-state index in [1.165, 1.54) is 19.3 Å². The highest BCUT2D eigenvalue weighted by molar-refractivity contribution is 5.85. The van der Waals surface area contributed by atoms with Crippen LogP contribution in [-0.2, 0) is 4.79 Å². The van der Waals surface area contributed by atoms with E-state index < -0.39 is 0 Å². The molecule has 0 radical (unpaired) electrons. The average Bonchev–Trinajstić information content (AvgIpc) is 3.09. The van der Waals surface area contributed by atoms with Crippen LogP contribution in [0.2, 0.25) is 0 Å². The molecule has 0 bridgehead atoms. The SMILES string of the molecule is CCC1CCN(C(=O)C2(CN)CC2)CC1. The van der Waals surface area contributed by atoms with Crippen LogP contribution in [0.25, 0.3) is 0 Å². The summed E-state index contributed by atoms with van der Waals surface area (Å²) in [5.41, 5.74) is 5.54. The Labute approximate surface area is 92.0 Å². The van der Waals surface area contributed by atoms with Crippen molar-refractivity contribution >= 4 is 5.91 Å². The van der Waals surface area contributed by atoms with Gasteiger partial charge < -0.3 is 10.6 Å². The summed E-state index contributed by atoms with van der Waals surface area (Å²) in [7, 11) is 0. The lowest BCUT2D eigenvalue weighted by molar-refractivity contribution is -0.138. The lowest BCUT2D eigenvalue weighted by atomic mass is 9.93. The van der Waals surface area contributed by atoms with Crippen LogP contribution in [0.1, 0.15) is 39.0 Å². The maximum atomic E-state index is 12.2. The highest BCUT2D eigenvalue weighted by Crippen LogP contribution is 2.46. The summed E-state index contributed by atoms with van der Waals surface area (Å²) < 4.78 is 0. The van der Waals surface area contributed by atoms with Crippen LogP contribution in [0, 0.1) is 11.3 Å². The van der Waals surface area contributed by atoms with Crippen LogP contribution in [0.3, 0.4) is 0 Å². The van der Waals surface area contributed by atoms with Gasteiger partial charge in [-0.1, -0.05) is 13.3 Å². The summed E-state index contributed by atoms with van der Waals surface area (Å²) >= 11 is 0. The third-order valence-corrected chi connectivity index (χ3v) is 4.18. The number of amides is 1. The first-order valence-electron chi connectivity index (χ1n) is 6.21. The normalized spacial score (nSPS) is 25.3. The monoisotopic (exact) mass is 210 g/mol. The van der Waals surface area contributed by atoms with Crippen LogP contribution in [-0.4, -0.2) is 30.4 Å². The van der Waals surface area contributed by atoms with Gasteiger partial charge in [0.15, 0.2) is 0 Å². The second-order valence-corrected chi connectivity index (χ2v) is 5.13. The van der Waals surface area contributed by atoms with E-state index in [9.17, 15) is 4.79 Å². The Bertz CT molecular complexity index is 240. The Balaban J connectivity index is 1.88. The number of carbonyl (C=O) groups is 1. The van der Waals surface area contributed by atoms with Gasteiger partial charge in [0.25, 0.3) is 0 Å². The molecule has 2 rings (SSSR count). The van der Waals surface area contributed by atoms with Crippen LogP contribution in [0.15, 0.2) is 0 Å². The largest absolute Gasteiger partial charge is 0.342 e. The van der Waals surface area contributed by atoms with E-state index in [4.69, 9.17) is 5.73 Å². The molecule has 1 saturated carbocycles. The molecule has 1 amide bonds. The molecule has 86 valence electrons. The maximum Gasteiger partial charge on any atom is 0.230 e. The molecule has 0 aromatic rings. The predicted octanol–water partition coefficient (Wildman–Crippen LogP) is 1.37. The minimum Gasteiger partial charge on any atom is -0.342 e. The van der Waals surface area contributed by atoms with Crippen molar-refractivity contribution in [2.45, 2.75) is 39.0 Å². The minimum atomic E-state index is -0.140. The molecule has 1 aliphatic heterocycles. The topological polar surface area (TPSA) is 46.3 Å². The lowest BCUT2D eigenvalue weighted by Crippen LogP contribution is -2.44. The molecule has 3 heteroatoms. The van der Waals surface area contributed by atoms with Crippen molar-refractivity contribution in [1.82, 2.24) is 4.90 Å². The molecule has 2 aliphatic rings. The minimum absolute atomic E-state index is 0.140. The summed E-state index contributed by atoms with van der Waals surface area (Å²) in [5.74, 6) is 1.17. The number of nitrogens with two attached hydrogens (primary N) is 1. The number of carbonyl (C=O) groups excluding carboxylic acids is 1. The van der Waals surface area contributed by atoms with Gasteiger partial charge in [-0.05, 0) is 31.6 Å². The zero-order chi connectivity index (χ0) is 10.9. The zero-order valence-electron chi connectivity index (χ0n) is 9.67. The number of likely N-dealkylation sites (tertiary alicyclic amines) is 1. The molecule has 0 aromatic carbocycles. The summed E-state index contributed by atoms with van der Waals surface area (Å²) in [4.78, 5) is 14.2. The van der Waals surface area contributed by atoms with Crippen molar-refractivity contribution in [2.24, 2.45) is 17.1 Å². The van der Waals surface area contributed by atoms with Crippen molar-refractivity contribution in [3.05, 3.63) is 0 Å². The molecule has 3 nitrogen and oxygen atoms in total. The molecule has 2 N–H and O–H groups in total. The molecular weight excluding hydrogens is 188 g/mol. The molecule has 0 spiro atoms. The van der Waals surface area contributed by atoms with Gasteiger partial charge in [0.1, 0.15) is 0 Å². The van der Waals surface area contributed by atoms with Gasteiger partial charge in [0.05, 0.1) is 5.41 Å². The number of piperidine rings is 1. The number of nitrogens with zero attached hydrogens (tertiary/aromatic N) is 1. The van der Waals surface area contributed by atoms with Crippen LogP contribution in [0.5, 0.6) is 0 Å². The van der Waals surface area contributed by atoms with E-state index in [1.807, 2.05) is 4.90 Å². The van der Waals surface area contributed by atoms with E-state index in [2.05, 4.69) is 6.92 Å². The third kappa shape index (κ3) is 2.03. The van der Waals surface area contributed by atoms with E-state index in [-0.39, 0.29) is 5.41 Å². The third-order valence-electron chi connectivity index (χ3n) is 4.18. The number of rotatable bonds is 3. The fraction of sp³-hybridized carbons (Fsp3) is 0.917. The molecule has 0 unspecified atom stereocenters. The van der Waals surface area contributed by atoms with Crippen molar-refractivity contribution in [2.75, 3.05) is 19.6 Å². The van der Waals surface area contributed by atoms with Crippen molar-refractivity contribution < 1.29 is 4.79 Å².